The Morgan fingerprint density at radius 3 is 2.93 bits per heavy atom. The lowest BCUT2D eigenvalue weighted by Gasteiger charge is -2.32. The molecule has 0 N–H and O–H groups in total. The summed E-state index contributed by atoms with van der Waals surface area (Å²) in [5.74, 6) is 0.171. The molecular weight excluding hydrogens is 204 g/mol. The van der Waals surface area contributed by atoms with Crippen LogP contribution in [0, 0.1) is 0 Å². The summed E-state index contributed by atoms with van der Waals surface area (Å²) < 4.78 is 15.5. The predicted octanol–water partition coefficient (Wildman–Crippen LogP) is 1.23. The summed E-state index contributed by atoms with van der Waals surface area (Å²) in [5.41, 5.74) is -0.216. The molecule has 1 atom stereocenters. The monoisotopic (exact) mass is 216 g/mol. The van der Waals surface area contributed by atoms with E-state index in [0.717, 1.165) is 12.8 Å². The fraction of sp³-hybridized carbons (Fsp3) is 0.667. The van der Waals surface area contributed by atoms with E-state index in [2.05, 4.69) is 12.9 Å². The highest BCUT2D eigenvalue weighted by Crippen LogP contribution is 2.39. The van der Waals surface area contributed by atoms with Crippen molar-refractivity contribution in [3.05, 3.63) is 11.3 Å². The van der Waals surface area contributed by atoms with Gasteiger partial charge in [-0.05, 0) is 19.8 Å². The molecule has 0 aromatic carbocycles. The summed E-state index contributed by atoms with van der Waals surface area (Å²) in [4.78, 5) is 11.4. The number of rotatable bonds is 1. The number of esters is 1. The average Bonchev–Trinajstić information content (AvgIpc) is 2.40. The van der Waals surface area contributed by atoms with Gasteiger partial charge in [0.25, 0.3) is 0 Å². The van der Waals surface area contributed by atoms with E-state index in [-0.39, 0.29) is 5.97 Å². The molecule has 0 saturated carbocycles. The van der Waals surface area contributed by atoms with Gasteiger partial charge < -0.3 is 13.7 Å². The third kappa shape index (κ3) is 1.31. The van der Waals surface area contributed by atoms with Crippen LogP contribution in [-0.2, 0) is 18.5 Å². The van der Waals surface area contributed by atoms with Crippen molar-refractivity contribution >= 4 is 18.9 Å². The first-order chi connectivity index (χ1) is 6.69. The fourth-order valence-electron chi connectivity index (χ4n) is 1.91. The van der Waals surface area contributed by atoms with Crippen molar-refractivity contribution in [2.75, 3.05) is 13.2 Å². The smallest absolute Gasteiger partial charge is 0.338 e. The van der Waals surface area contributed by atoms with Crippen molar-refractivity contribution in [1.29, 1.82) is 0 Å². The molecule has 0 aromatic rings. The molecule has 0 aliphatic carbocycles. The van der Waals surface area contributed by atoms with Gasteiger partial charge in [0.2, 0.25) is 0 Å². The summed E-state index contributed by atoms with van der Waals surface area (Å²) in [5, 5.41) is 0. The van der Waals surface area contributed by atoms with Crippen LogP contribution in [0.4, 0.5) is 0 Å². The zero-order valence-electron chi connectivity index (χ0n) is 7.91. The second-order valence-corrected chi connectivity index (χ2v) is 3.77. The first-order valence-corrected chi connectivity index (χ1v) is 4.90. The number of carbonyl (C=O) groups is 1. The zero-order chi connectivity index (χ0) is 10.2. The van der Waals surface area contributed by atoms with E-state index in [1.807, 2.05) is 0 Å². The van der Waals surface area contributed by atoms with Crippen LogP contribution in [-0.4, -0.2) is 24.8 Å². The van der Waals surface area contributed by atoms with E-state index in [1.54, 1.807) is 6.92 Å². The van der Waals surface area contributed by atoms with Crippen LogP contribution in [0.5, 0.6) is 0 Å². The predicted molar refractivity (Wildman–Crippen MR) is 51.6 cm³/mol. The molecule has 78 valence electrons. The lowest BCUT2D eigenvalue weighted by atomic mass is 9.94. The molecule has 0 amide bonds. The molecule has 1 fully saturated rings. The molecule has 5 heteroatoms. The van der Waals surface area contributed by atoms with Crippen molar-refractivity contribution < 1.29 is 18.5 Å². The maximum Gasteiger partial charge on any atom is 0.338 e. The van der Waals surface area contributed by atoms with E-state index in [9.17, 15) is 4.79 Å². The second-order valence-electron chi connectivity index (χ2n) is 3.59. The van der Waals surface area contributed by atoms with E-state index >= 15 is 0 Å². The molecule has 1 spiro atoms. The number of ether oxygens (including phenoxy) is 2. The molecular formula is C9H12O4S. The van der Waals surface area contributed by atoms with Crippen LogP contribution in [0.25, 0.3) is 0 Å². The molecule has 2 rings (SSSR count). The number of thiol groups is 1. The SMILES string of the molecule is CC1=C(OS)C2(CCCOC2)OC1=O. The Balaban J connectivity index is 2.32. The molecule has 4 nitrogen and oxygen atoms in total. The Morgan fingerprint density at radius 2 is 2.36 bits per heavy atom. The lowest BCUT2D eigenvalue weighted by Crippen LogP contribution is -2.41. The minimum atomic E-state index is -0.707. The van der Waals surface area contributed by atoms with Gasteiger partial charge in [0.1, 0.15) is 0 Å². The van der Waals surface area contributed by atoms with Crippen LogP contribution >= 0.6 is 12.9 Å². The summed E-state index contributed by atoms with van der Waals surface area (Å²) in [6.45, 7) is 2.75. The second kappa shape index (κ2) is 3.47. The Bertz CT molecular complexity index is 291. The highest BCUT2D eigenvalue weighted by Gasteiger charge is 2.49. The maximum atomic E-state index is 11.4. The topological polar surface area (TPSA) is 44.8 Å². The Morgan fingerprint density at radius 1 is 1.57 bits per heavy atom. The van der Waals surface area contributed by atoms with Crippen molar-refractivity contribution in [1.82, 2.24) is 0 Å². The molecule has 0 aromatic heterocycles. The normalized spacial score (nSPS) is 32.3. The van der Waals surface area contributed by atoms with E-state index in [1.165, 1.54) is 0 Å². The van der Waals surface area contributed by atoms with Gasteiger partial charge in [-0.3, -0.25) is 0 Å². The molecule has 0 bridgehead atoms. The molecule has 2 aliphatic rings. The summed E-state index contributed by atoms with van der Waals surface area (Å²) in [6.07, 6.45) is 1.60. The number of hydrogen-bond acceptors (Lipinski definition) is 5. The number of hydrogen-bond donors (Lipinski definition) is 1. The molecule has 1 unspecified atom stereocenters. The van der Waals surface area contributed by atoms with Gasteiger partial charge in [-0.15, -0.1) is 0 Å². The van der Waals surface area contributed by atoms with Crippen LogP contribution in [0.1, 0.15) is 19.8 Å². The Labute approximate surface area is 87.8 Å². The largest absolute Gasteiger partial charge is 0.445 e. The van der Waals surface area contributed by atoms with Gasteiger partial charge in [0, 0.05) is 19.5 Å². The first kappa shape index (κ1) is 9.86. The van der Waals surface area contributed by atoms with Gasteiger partial charge in [0.05, 0.1) is 12.2 Å². The minimum absolute atomic E-state index is 0.334. The van der Waals surface area contributed by atoms with Gasteiger partial charge in [-0.25, -0.2) is 4.79 Å². The Kier molecular flexibility index (Phi) is 2.45. The molecule has 0 radical (unpaired) electrons. The fourth-order valence-corrected chi connectivity index (χ4v) is 2.22. The highest BCUT2D eigenvalue weighted by molar-refractivity contribution is 7.75. The van der Waals surface area contributed by atoms with Gasteiger partial charge >= 0.3 is 5.97 Å². The standard InChI is InChI=1S/C9H12O4S/c1-6-7(13-14)9(12-8(6)10)3-2-4-11-5-9/h14H,2-5H2,1H3. The molecule has 2 aliphatic heterocycles. The van der Waals surface area contributed by atoms with Crippen molar-refractivity contribution in [2.24, 2.45) is 0 Å². The highest BCUT2D eigenvalue weighted by atomic mass is 32.1. The van der Waals surface area contributed by atoms with Gasteiger partial charge in [-0.2, -0.15) is 0 Å². The summed E-state index contributed by atoms with van der Waals surface area (Å²) in [6, 6.07) is 0. The van der Waals surface area contributed by atoms with Crippen LogP contribution < -0.4 is 0 Å². The van der Waals surface area contributed by atoms with Crippen molar-refractivity contribution in [3.63, 3.8) is 0 Å². The molecule has 14 heavy (non-hydrogen) atoms. The molecule has 1 saturated heterocycles. The van der Waals surface area contributed by atoms with Crippen molar-refractivity contribution in [2.45, 2.75) is 25.4 Å². The maximum absolute atomic E-state index is 11.4. The van der Waals surface area contributed by atoms with Gasteiger partial charge in [-0.1, -0.05) is 0 Å². The Hall–Kier alpha value is -0.680. The molecule has 2 heterocycles. The van der Waals surface area contributed by atoms with Gasteiger partial charge in [0.15, 0.2) is 11.4 Å². The quantitative estimate of drug-likeness (QED) is 0.407. The van der Waals surface area contributed by atoms with E-state index < -0.39 is 5.60 Å². The van der Waals surface area contributed by atoms with Crippen LogP contribution in [0.2, 0.25) is 0 Å². The third-order valence-corrected chi connectivity index (χ3v) is 2.83. The first-order valence-electron chi connectivity index (χ1n) is 4.53. The third-order valence-electron chi connectivity index (χ3n) is 2.64. The summed E-state index contributed by atoms with van der Waals surface area (Å²) >= 11 is 3.75. The van der Waals surface area contributed by atoms with Crippen LogP contribution in [0.3, 0.4) is 0 Å². The van der Waals surface area contributed by atoms with Crippen LogP contribution in [0.15, 0.2) is 11.3 Å². The van der Waals surface area contributed by atoms with Crippen molar-refractivity contribution in [3.8, 4) is 0 Å². The van der Waals surface area contributed by atoms with E-state index in [4.69, 9.17) is 13.7 Å². The number of carbonyl (C=O) groups excluding carboxylic acids is 1. The summed E-state index contributed by atoms with van der Waals surface area (Å²) in [7, 11) is 0. The van der Waals surface area contributed by atoms with E-state index in [0.29, 0.717) is 24.5 Å². The minimum Gasteiger partial charge on any atom is -0.445 e. The lowest BCUT2D eigenvalue weighted by molar-refractivity contribution is -0.159. The average molecular weight is 216 g/mol. The zero-order valence-corrected chi connectivity index (χ0v) is 8.80.